The van der Waals surface area contributed by atoms with Gasteiger partial charge in [-0.25, -0.2) is 10.2 Å². The van der Waals surface area contributed by atoms with Crippen molar-refractivity contribution < 1.29 is 19.4 Å². The number of hydrogen-bond acceptors (Lipinski definition) is 5. The monoisotopic (exact) mass is 376 g/mol. The lowest BCUT2D eigenvalue weighted by Crippen LogP contribution is -2.17. The number of aromatic hydroxyl groups is 1. The summed E-state index contributed by atoms with van der Waals surface area (Å²) in [5.74, 6) is -1.10. The van der Waals surface area contributed by atoms with Gasteiger partial charge in [-0.15, -0.1) is 0 Å². The number of carbonyl (C=O) groups excluding carboxylic acids is 2. The first-order valence-corrected chi connectivity index (χ1v) is 7.31. The van der Waals surface area contributed by atoms with Crippen molar-refractivity contribution in [3.05, 3.63) is 63.6 Å². The van der Waals surface area contributed by atoms with Gasteiger partial charge in [-0.05, 0) is 35.9 Å². The maximum absolute atomic E-state index is 11.9. The van der Waals surface area contributed by atoms with Crippen molar-refractivity contribution in [2.75, 3.05) is 7.11 Å². The molecule has 2 aromatic rings. The molecule has 23 heavy (non-hydrogen) atoms. The van der Waals surface area contributed by atoms with Gasteiger partial charge >= 0.3 is 5.97 Å². The summed E-state index contributed by atoms with van der Waals surface area (Å²) in [7, 11) is 1.31. The highest BCUT2D eigenvalue weighted by Gasteiger charge is 2.10. The Kier molecular flexibility index (Phi) is 5.48. The molecular formula is C16H13BrN2O4. The Labute approximate surface area is 140 Å². The van der Waals surface area contributed by atoms with Crippen LogP contribution in [0.1, 0.15) is 26.3 Å². The number of ether oxygens (including phenoxy) is 1. The van der Waals surface area contributed by atoms with Crippen LogP contribution in [0.3, 0.4) is 0 Å². The molecule has 7 heteroatoms. The minimum Gasteiger partial charge on any atom is -0.507 e. The Morgan fingerprint density at radius 1 is 1.22 bits per heavy atom. The van der Waals surface area contributed by atoms with Crippen LogP contribution in [0.2, 0.25) is 0 Å². The van der Waals surface area contributed by atoms with Crippen molar-refractivity contribution in [1.29, 1.82) is 0 Å². The number of carbonyl (C=O) groups is 2. The third-order valence-electron chi connectivity index (χ3n) is 2.91. The van der Waals surface area contributed by atoms with Gasteiger partial charge in [-0.2, -0.15) is 5.10 Å². The predicted octanol–water partition coefficient (Wildman–Crippen LogP) is 2.71. The van der Waals surface area contributed by atoms with Gasteiger partial charge in [0.15, 0.2) is 0 Å². The SMILES string of the molecule is COC(=O)c1ccc(/C=N/NC(=O)c2cc(Br)ccc2O)cc1. The average Bonchev–Trinajstić information content (AvgIpc) is 2.56. The summed E-state index contributed by atoms with van der Waals surface area (Å²) in [6.07, 6.45) is 1.42. The molecule has 0 aliphatic rings. The van der Waals surface area contributed by atoms with E-state index in [4.69, 9.17) is 0 Å². The van der Waals surface area contributed by atoms with Crippen LogP contribution in [0.25, 0.3) is 0 Å². The third kappa shape index (κ3) is 4.40. The molecule has 6 nitrogen and oxygen atoms in total. The normalized spacial score (nSPS) is 10.5. The topological polar surface area (TPSA) is 88.0 Å². The van der Waals surface area contributed by atoms with Crippen LogP contribution in [-0.2, 0) is 4.74 Å². The van der Waals surface area contributed by atoms with Crippen LogP contribution in [0.4, 0.5) is 0 Å². The Hall–Kier alpha value is -2.67. The standard InChI is InChI=1S/C16H13BrN2O4/c1-23-16(22)11-4-2-10(3-5-11)9-18-19-15(21)13-8-12(17)6-7-14(13)20/h2-9,20H,1H3,(H,19,21)/b18-9+. The molecule has 0 saturated carbocycles. The molecule has 2 rings (SSSR count). The van der Waals surface area contributed by atoms with Gasteiger partial charge in [0.1, 0.15) is 5.75 Å². The molecule has 0 bridgehead atoms. The molecule has 1 amide bonds. The Bertz CT molecular complexity index is 757. The second-order valence-electron chi connectivity index (χ2n) is 4.47. The minimum absolute atomic E-state index is 0.109. The summed E-state index contributed by atoms with van der Waals surface area (Å²) in [4.78, 5) is 23.2. The van der Waals surface area contributed by atoms with Crippen molar-refractivity contribution in [3.63, 3.8) is 0 Å². The maximum atomic E-state index is 11.9. The van der Waals surface area contributed by atoms with Crippen LogP contribution in [0.15, 0.2) is 52.0 Å². The van der Waals surface area contributed by atoms with Gasteiger partial charge in [-0.1, -0.05) is 28.1 Å². The summed E-state index contributed by atoms with van der Waals surface area (Å²) in [5, 5.41) is 13.5. The lowest BCUT2D eigenvalue weighted by Gasteiger charge is -2.03. The summed E-state index contributed by atoms with van der Waals surface area (Å²) >= 11 is 3.23. The third-order valence-corrected chi connectivity index (χ3v) is 3.41. The molecule has 2 aromatic carbocycles. The molecule has 0 radical (unpaired) electrons. The molecule has 118 valence electrons. The maximum Gasteiger partial charge on any atom is 0.337 e. The van der Waals surface area contributed by atoms with Crippen molar-refractivity contribution in [3.8, 4) is 5.75 Å². The number of phenols is 1. The van der Waals surface area contributed by atoms with E-state index >= 15 is 0 Å². The fraction of sp³-hybridized carbons (Fsp3) is 0.0625. The van der Waals surface area contributed by atoms with Gasteiger partial charge in [-0.3, -0.25) is 4.79 Å². The first kappa shape index (κ1) is 16.7. The quantitative estimate of drug-likeness (QED) is 0.487. The molecule has 0 fully saturated rings. The second-order valence-corrected chi connectivity index (χ2v) is 5.39. The zero-order chi connectivity index (χ0) is 16.8. The minimum atomic E-state index is -0.536. The number of amides is 1. The highest BCUT2D eigenvalue weighted by atomic mass is 79.9. The fourth-order valence-corrected chi connectivity index (χ4v) is 2.10. The molecule has 0 aliphatic carbocycles. The Balaban J connectivity index is 2.02. The Morgan fingerprint density at radius 2 is 1.91 bits per heavy atom. The average molecular weight is 377 g/mol. The van der Waals surface area contributed by atoms with Crippen LogP contribution >= 0.6 is 15.9 Å². The first-order valence-electron chi connectivity index (χ1n) is 6.51. The number of hydrogen-bond donors (Lipinski definition) is 2. The fourth-order valence-electron chi connectivity index (χ4n) is 1.74. The number of esters is 1. The summed E-state index contributed by atoms with van der Waals surface area (Å²) in [6.45, 7) is 0. The van der Waals surface area contributed by atoms with E-state index in [1.807, 2.05) is 0 Å². The highest BCUT2D eigenvalue weighted by Crippen LogP contribution is 2.21. The van der Waals surface area contributed by atoms with E-state index in [2.05, 4.69) is 31.2 Å². The van der Waals surface area contributed by atoms with E-state index in [0.29, 0.717) is 15.6 Å². The van der Waals surface area contributed by atoms with Gasteiger partial charge in [0.25, 0.3) is 5.91 Å². The first-order chi connectivity index (χ1) is 11.0. The molecule has 0 heterocycles. The van der Waals surface area contributed by atoms with Crippen LogP contribution in [0.5, 0.6) is 5.75 Å². The van der Waals surface area contributed by atoms with Crippen molar-refractivity contribution in [2.24, 2.45) is 5.10 Å². The molecule has 0 saturated heterocycles. The predicted molar refractivity (Wildman–Crippen MR) is 88.6 cm³/mol. The molecule has 0 atom stereocenters. The number of benzene rings is 2. The van der Waals surface area contributed by atoms with Crippen molar-refractivity contribution >= 4 is 34.0 Å². The smallest absolute Gasteiger partial charge is 0.337 e. The highest BCUT2D eigenvalue weighted by molar-refractivity contribution is 9.10. The zero-order valence-electron chi connectivity index (χ0n) is 12.1. The summed E-state index contributed by atoms with van der Waals surface area (Å²) < 4.78 is 5.27. The van der Waals surface area contributed by atoms with E-state index in [9.17, 15) is 14.7 Å². The molecule has 0 spiro atoms. The van der Waals surface area contributed by atoms with Gasteiger partial charge < -0.3 is 9.84 Å². The lowest BCUT2D eigenvalue weighted by atomic mass is 10.1. The number of halogens is 1. The van der Waals surface area contributed by atoms with Crippen molar-refractivity contribution in [2.45, 2.75) is 0 Å². The largest absolute Gasteiger partial charge is 0.507 e. The summed E-state index contributed by atoms with van der Waals surface area (Å²) in [5.41, 5.74) is 3.55. The van der Waals surface area contributed by atoms with Crippen LogP contribution < -0.4 is 5.43 Å². The number of phenolic OH excluding ortho intramolecular Hbond substituents is 1. The van der Waals surface area contributed by atoms with Gasteiger partial charge in [0.2, 0.25) is 0 Å². The number of nitrogens with one attached hydrogen (secondary N) is 1. The van der Waals surface area contributed by atoms with Crippen LogP contribution in [0, 0.1) is 0 Å². The molecule has 0 aliphatic heterocycles. The lowest BCUT2D eigenvalue weighted by molar-refractivity contribution is 0.0600. The Morgan fingerprint density at radius 3 is 2.57 bits per heavy atom. The zero-order valence-corrected chi connectivity index (χ0v) is 13.7. The van der Waals surface area contributed by atoms with Crippen molar-refractivity contribution in [1.82, 2.24) is 5.43 Å². The summed E-state index contributed by atoms with van der Waals surface area (Å²) in [6, 6.07) is 11.0. The molecule has 2 N–H and O–H groups in total. The number of rotatable bonds is 4. The van der Waals surface area contributed by atoms with E-state index < -0.39 is 11.9 Å². The number of methoxy groups -OCH3 is 1. The number of hydrazone groups is 1. The van der Waals surface area contributed by atoms with Gasteiger partial charge in [0, 0.05) is 4.47 Å². The molecular weight excluding hydrogens is 364 g/mol. The molecule has 0 aromatic heterocycles. The van der Waals surface area contributed by atoms with E-state index in [1.54, 1.807) is 30.3 Å². The van der Waals surface area contributed by atoms with E-state index in [-0.39, 0.29) is 11.3 Å². The van der Waals surface area contributed by atoms with Crippen LogP contribution in [-0.4, -0.2) is 30.3 Å². The van der Waals surface area contributed by atoms with Gasteiger partial charge in [0.05, 0.1) is 24.5 Å². The number of nitrogens with zero attached hydrogens (tertiary/aromatic N) is 1. The second kappa shape index (κ2) is 7.55. The molecule has 0 unspecified atom stereocenters. The van der Waals surface area contributed by atoms with E-state index in [0.717, 1.165) is 0 Å². The van der Waals surface area contributed by atoms with E-state index in [1.165, 1.54) is 25.5 Å².